The van der Waals surface area contributed by atoms with Gasteiger partial charge in [0.15, 0.2) is 0 Å². The Morgan fingerprint density at radius 1 is 0.868 bits per heavy atom. The van der Waals surface area contributed by atoms with E-state index in [1.807, 2.05) is 23.1 Å². The van der Waals surface area contributed by atoms with Gasteiger partial charge in [-0.3, -0.25) is 19.2 Å². The predicted octanol–water partition coefficient (Wildman–Crippen LogP) is 6.45. The number of sulfonamides is 1. The summed E-state index contributed by atoms with van der Waals surface area (Å²) in [5.74, 6) is -0.466. The number of carbonyl (C=O) groups is 2. The number of aliphatic carboxylic acids is 1. The molecule has 2 aliphatic heterocycles. The van der Waals surface area contributed by atoms with Gasteiger partial charge in [0.05, 0.1) is 29.7 Å². The SMILES string of the molecule is O=C(O)CCN1CCN(c2ccc(C(=O)N3CCC(c4ccc(Oc5ccc(C(F)(F)F)nc5)cc4)CC3)cc2NS(=O)(=O)Cc2ccccc2)CC1. The maximum absolute atomic E-state index is 13.8. The number of piperidine rings is 1. The zero-order valence-electron chi connectivity index (χ0n) is 28.8. The zero-order chi connectivity index (χ0) is 37.6. The molecule has 1 amide bonds. The van der Waals surface area contributed by atoms with Crippen LogP contribution in [0.15, 0.2) is 91.1 Å². The first kappa shape index (κ1) is 37.6. The van der Waals surface area contributed by atoms with Crippen molar-refractivity contribution in [2.24, 2.45) is 0 Å². The van der Waals surface area contributed by atoms with Gasteiger partial charge in [0.1, 0.15) is 17.2 Å². The molecule has 6 rings (SSSR count). The van der Waals surface area contributed by atoms with Gasteiger partial charge in [0.25, 0.3) is 5.91 Å². The molecule has 0 unspecified atom stereocenters. The molecule has 3 heterocycles. The van der Waals surface area contributed by atoms with Crippen molar-refractivity contribution in [3.05, 3.63) is 114 Å². The highest BCUT2D eigenvalue weighted by molar-refractivity contribution is 7.91. The Kier molecular flexibility index (Phi) is 11.5. The first-order valence-electron chi connectivity index (χ1n) is 17.3. The Labute approximate surface area is 306 Å². The minimum atomic E-state index is -4.53. The second-order valence-corrected chi connectivity index (χ2v) is 14.9. The summed E-state index contributed by atoms with van der Waals surface area (Å²) < 4.78 is 73.6. The van der Waals surface area contributed by atoms with Gasteiger partial charge in [0.2, 0.25) is 10.0 Å². The van der Waals surface area contributed by atoms with Crippen LogP contribution in [-0.4, -0.2) is 86.0 Å². The molecule has 2 fully saturated rings. The number of alkyl halides is 3. The van der Waals surface area contributed by atoms with E-state index in [1.165, 1.54) is 6.07 Å². The van der Waals surface area contributed by atoms with Crippen LogP contribution in [0.1, 0.15) is 52.4 Å². The minimum Gasteiger partial charge on any atom is -0.481 e. The van der Waals surface area contributed by atoms with Crippen molar-refractivity contribution in [2.75, 3.05) is 55.4 Å². The van der Waals surface area contributed by atoms with Crippen LogP contribution in [0, 0.1) is 0 Å². The van der Waals surface area contributed by atoms with Crippen LogP contribution in [0.4, 0.5) is 24.5 Å². The molecule has 4 aromatic rings. The number of likely N-dealkylation sites (tertiary alicyclic amines) is 1. The number of carboxylic acids is 1. The number of hydrogen-bond donors (Lipinski definition) is 2. The van der Waals surface area contributed by atoms with Crippen LogP contribution in [0.3, 0.4) is 0 Å². The molecule has 3 aromatic carbocycles. The second kappa shape index (κ2) is 16.3. The van der Waals surface area contributed by atoms with E-state index in [1.54, 1.807) is 59.5 Å². The topological polar surface area (TPSA) is 132 Å². The van der Waals surface area contributed by atoms with E-state index in [4.69, 9.17) is 9.84 Å². The van der Waals surface area contributed by atoms with E-state index in [-0.39, 0.29) is 29.7 Å². The molecule has 2 N–H and O–H groups in total. The number of amides is 1. The van der Waals surface area contributed by atoms with Crippen LogP contribution >= 0.6 is 0 Å². The zero-order valence-corrected chi connectivity index (χ0v) is 29.7. The molecule has 0 saturated carbocycles. The van der Waals surface area contributed by atoms with Crippen LogP contribution < -0.4 is 14.4 Å². The lowest BCUT2D eigenvalue weighted by Crippen LogP contribution is -2.47. The maximum Gasteiger partial charge on any atom is 0.433 e. The maximum atomic E-state index is 13.8. The number of pyridine rings is 1. The first-order chi connectivity index (χ1) is 25.3. The van der Waals surface area contributed by atoms with Gasteiger partial charge in [-0.1, -0.05) is 42.5 Å². The number of halogens is 3. The Balaban J connectivity index is 1.11. The molecule has 11 nitrogen and oxygen atoms in total. The van der Waals surface area contributed by atoms with Crippen molar-refractivity contribution in [1.82, 2.24) is 14.8 Å². The van der Waals surface area contributed by atoms with Crippen LogP contribution in [0.25, 0.3) is 0 Å². The van der Waals surface area contributed by atoms with Crippen LogP contribution in [-0.2, 0) is 26.7 Å². The lowest BCUT2D eigenvalue weighted by atomic mass is 9.89. The number of anilines is 2. The number of aromatic nitrogens is 1. The summed E-state index contributed by atoms with van der Waals surface area (Å²) in [6.07, 6.45) is -2.04. The third-order valence-corrected chi connectivity index (χ3v) is 10.7. The second-order valence-electron chi connectivity index (χ2n) is 13.2. The average Bonchev–Trinajstić information content (AvgIpc) is 3.14. The van der Waals surface area contributed by atoms with Crippen LogP contribution in [0.5, 0.6) is 11.5 Å². The molecule has 0 aliphatic carbocycles. The van der Waals surface area contributed by atoms with E-state index in [0.717, 1.165) is 17.8 Å². The normalized spacial score (nSPS) is 16.0. The number of rotatable bonds is 12. The van der Waals surface area contributed by atoms with Crippen molar-refractivity contribution in [3.8, 4) is 11.5 Å². The number of benzene rings is 3. The Morgan fingerprint density at radius 3 is 2.17 bits per heavy atom. The minimum absolute atomic E-state index is 0.0482. The fourth-order valence-electron chi connectivity index (χ4n) is 6.64. The molecular weight excluding hydrogens is 712 g/mol. The monoisotopic (exact) mass is 751 g/mol. The molecule has 0 atom stereocenters. The number of carbonyl (C=O) groups excluding carboxylic acids is 1. The molecule has 0 bridgehead atoms. The van der Waals surface area contributed by atoms with Gasteiger partial charge in [-0.25, -0.2) is 13.4 Å². The largest absolute Gasteiger partial charge is 0.481 e. The number of nitrogens with zero attached hydrogens (tertiary/aromatic N) is 4. The van der Waals surface area contributed by atoms with Crippen molar-refractivity contribution >= 4 is 33.3 Å². The van der Waals surface area contributed by atoms with E-state index < -0.39 is 27.9 Å². The summed E-state index contributed by atoms with van der Waals surface area (Å²) >= 11 is 0. The number of piperazine rings is 1. The Hall–Kier alpha value is -5.15. The molecule has 0 spiro atoms. The van der Waals surface area contributed by atoms with Gasteiger partial charge < -0.3 is 19.6 Å². The van der Waals surface area contributed by atoms with Crippen molar-refractivity contribution in [3.63, 3.8) is 0 Å². The summed E-state index contributed by atoms with van der Waals surface area (Å²) in [4.78, 5) is 34.2. The number of hydrogen-bond acceptors (Lipinski definition) is 8. The lowest BCUT2D eigenvalue weighted by molar-refractivity contribution is -0.141. The fourth-order valence-corrected chi connectivity index (χ4v) is 7.84. The summed E-state index contributed by atoms with van der Waals surface area (Å²) in [5.41, 5.74) is 2.02. The molecule has 2 aliphatic rings. The Bertz CT molecular complexity index is 1980. The van der Waals surface area contributed by atoms with E-state index in [9.17, 15) is 31.2 Å². The van der Waals surface area contributed by atoms with Gasteiger partial charge in [-0.15, -0.1) is 0 Å². The Morgan fingerprint density at radius 2 is 1.55 bits per heavy atom. The third-order valence-electron chi connectivity index (χ3n) is 9.46. The highest BCUT2D eigenvalue weighted by atomic mass is 32.2. The molecule has 53 heavy (non-hydrogen) atoms. The third kappa shape index (κ3) is 10.0. The highest BCUT2D eigenvalue weighted by Gasteiger charge is 2.32. The van der Waals surface area contributed by atoms with Gasteiger partial charge >= 0.3 is 12.1 Å². The standard InChI is InChI=1S/C38H40F3N5O6S/c39-38(40,41)35-13-11-32(25-42-35)52-31-9-6-28(7-10-31)29-14-18-46(19-15-29)37(49)30-8-12-34(45-22-20-44(21-23-45)17-16-36(47)48)33(24-30)43-53(50,51)26-27-4-2-1-3-5-27/h1-13,24-25,29,43H,14-23,26H2,(H,47,48). The molecule has 2 saturated heterocycles. The number of ether oxygens (including phenoxy) is 1. The summed E-state index contributed by atoms with van der Waals surface area (Å²) in [5, 5.41) is 9.07. The van der Waals surface area contributed by atoms with Crippen molar-refractivity contribution in [2.45, 2.75) is 37.1 Å². The van der Waals surface area contributed by atoms with E-state index in [0.29, 0.717) is 86.9 Å². The average molecular weight is 752 g/mol. The fraction of sp³-hybridized carbons (Fsp3) is 0.342. The highest BCUT2D eigenvalue weighted by Crippen LogP contribution is 2.34. The quantitative estimate of drug-likeness (QED) is 0.168. The van der Waals surface area contributed by atoms with Gasteiger partial charge in [-0.2, -0.15) is 13.2 Å². The van der Waals surface area contributed by atoms with E-state index in [2.05, 4.69) is 14.6 Å². The van der Waals surface area contributed by atoms with Crippen LogP contribution in [0.2, 0.25) is 0 Å². The summed E-state index contributed by atoms with van der Waals surface area (Å²) in [7, 11) is -3.84. The molecule has 280 valence electrons. The van der Waals surface area contributed by atoms with Gasteiger partial charge in [-0.05, 0) is 72.4 Å². The first-order valence-corrected chi connectivity index (χ1v) is 19.0. The molecule has 0 radical (unpaired) electrons. The van der Waals surface area contributed by atoms with Gasteiger partial charge in [0, 0.05) is 51.4 Å². The molecule has 1 aromatic heterocycles. The van der Waals surface area contributed by atoms with E-state index >= 15 is 0 Å². The van der Waals surface area contributed by atoms with Crippen molar-refractivity contribution < 1.29 is 41.0 Å². The summed E-state index contributed by atoms with van der Waals surface area (Å²) in [6, 6.07) is 23.4. The summed E-state index contributed by atoms with van der Waals surface area (Å²) in [6.45, 7) is 3.78. The smallest absolute Gasteiger partial charge is 0.433 e. The van der Waals surface area contributed by atoms with Crippen molar-refractivity contribution in [1.29, 1.82) is 0 Å². The number of carboxylic acid groups (broad SMARTS) is 1. The molecular formula is C38H40F3N5O6S. The predicted molar refractivity (Wildman–Crippen MR) is 194 cm³/mol. The molecule has 15 heteroatoms. The lowest BCUT2D eigenvalue weighted by Gasteiger charge is -2.37. The number of nitrogens with one attached hydrogen (secondary N) is 1.